The Labute approximate surface area is 206 Å². The summed E-state index contributed by atoms with van der Waals surface area (Å²) in [5, 5.41) is 1.22. The molecule has 1 aromatic heterocycles. The molecule has 0 spiro atoms. The lowest BCUT2D eigenvalue weighted by atomic mass is 10.0. The van der Waals surface area contributed by atoms with Crippen LogP contribution < -0.4 is 4.90 Å². The maximum Gasteiger partial charge on any atom is 0.260 e. The molecule has 0 N–H and O–H groups in total. The summed E-state index contributed by atoms with van der Waals surface area (Å²) in [6, 6.07) is 31.2. The SMILES string of the molecule is O=C(c1ccccc1)c1ccc(C(=O)N(Cc2ccccc2)c2nc3ccc(Cl)cc3s2)cc1. The van der Waals surface area contributed by atoms with Crippen molar-refractivity contribution in [2.75, 3.05) is 4.90 Å². The zero-order valence-corrected chi connectivity index (χ0v) is 19.6. The number of hydrogen-bond acceptors (Lipinski definition) is 4. The number of aromatic nitrogens is 1. The average molecular weight is 483 g/mol. The first-order valence-electron chi connectivity index (χ1n) is 10.7. The molecule has 0 atom stereocenters. The van der Waals surface area contributed by atoms with E-state index in [1.165, 1.54) is 11.3 Å². The summed E-state index contributed by atoms with van der Waals surface area (Å²) in [5.41, 5.74) is 3.41. The van der Waals surface area contributed by atoms with Crippen LogP contribution in [0, 0.1) is 0 Å². The van der Waals surface area contributed by atoms with Gasteiger partial charge in [-0.1, -0.05) is 95.7 Å². The number of hydrogen-bond donors (Lipinski definition) is 0. The summed E-state index contributed by atoms with van der Waals surface area (Å²) < 4.78 is 0.914. The minimum Gasteiger partial charge on any atom is -0.289 e. The highest BCUT2D eigenvalue weighted by atomic mass is 35.5. The smallest absolute Gasteiger partial charge is 0.260 e. The second kappa shape index (κ2) is 9.59. The van der Waals surface area contributed by atoms with E-state index >= 15 is 0 Å². The number of nitrogens with zero attached hydrogens (tertiary/aromatic N) is 2. The first kappa shape index (κ1) is 22.0. The summed E-state index contributed by atoms with van der Waals surface area (Å²) in [5.74, 6) is -0.267. The second-order valence-corrected chi connectivity index (χ2v) is 9.20. The van der Waals surface area contributed by atoms with Crippen LogP contribution in [-0.2, 0) is 6.54 Å². The lowest BCUT2D eigenvalue weighted by molar-refractivity contribution is 0.0982. The van der Waals surface area contributed by atoms with Crippen molar-refractivity contribution in [1.82, 2.24) is 4.98 Å². The number of benzene rings is 4. The number of anilines is 1. The van der Waals surface area contributed by atoms with Crippen molar-refractivity contribution in [1.29, 1.82) is 0 Å². The monoisotopic (exact) mass is 482 g/mol. The van der Waals surface area contributed by atoms with Crippen molar-refractivity contribution in [3.05, 3.63) is 130 Å². The topological polar surface area (TPSA) is 50.3 Å². The largest absolute Gasteiger partial charge is 0.289 e. The van der Waals surface area contributed by atoms with Crippen molar-refractivity contribution in [3.8, 4) is 0 Å². The maximum absolute atomic E-state index is 13.6. The molecule has 0 bridgehead atoms. The first-order chi connectivity index (χ1) is 16.6. The number of halogens is 1. The Balaban J connectivity index is 1.48. The fraction of sp³-hybridized carbons (Fsp3) is 0.0357. The van der Waals surface area contributed by atoms with E-state index in [1.807, 2.05) is 60.7 Å². The predicted molar refractivity (Wildman–Crippen MR) is 138 cm³/mol. The van der Waals surface area contributed by atoms with Crippen LogP contribution in [0.4, 0.5) is 5.13 Å². The molecule has 34 heavy (non-hydrogen) atoms. The summed E-state index contributed by atoms with van der Waals surface area (Å²) in [4.78, 5) is 32.7. The number of ketones is 1. The molecule has 0 fully saturated rings. The van der Waals surface area contributed by atoms with Gasteiger partial charge in [0.15, 0.2) is 10.9 Å². The van der Waals surface area contributed by atoms with Crippen molar-refractivity contribution in [2.24, 2.45) is 0 Å². The average Bonchev–Trinajstić information content (AvgIpc) is 3.30. The second-order valence-electron chi connectivity index (χ2n) is 7.76. The molecule has 166 valence electrons. The van der Waals surface area contributed by atoms with Crippen LogP contribution in [-0.4, -0.2) is 16.7 Å². The number of amides is 1. The molecule has 6 heteroatoms. The minimum absolute atomic E-state index is 0.0798. The summed E-state index contributed by atoms with van der Waals surface area (Å²) in [6.45, 7) is 0.373. The fourth-order valence-electron chi connectivity index (χ4n) is 3.67. The van der Waals surface area contributed by atoms with Gasteiger partial charge in [0.25, 0.3) is 5.91 Å². The third kappa shape index (κ3) is 4.62. The normalized spacial score (nSPS) is 10.9. The van der Waals surface area contributed by atoms with Gasteiger partial charge in [0.2, 0.25) is 0 Å². The van der Waals surface area contributed by atoms with E-state index in [9.17, 15) is 9.59 Å². The van der Waals surface area contributed by atoms with Crippen LogP contribution >= 0.6 is 22.9 Å². The number of carbonyl (C=O) groups excluding carboxylic acids is 2. The fourth-order valence-corrected chi connectivity index (χ4v) is 4.91. The van der Waals surface area contributed by atoms with Crippen LogP contribution in [0.5, 0.6) is 0 Å². The molecule has 4 nitrogen and oxygen atoms in total. The van der Waals surface area contributed by atoms with Crippen molar-refractivity contribution >= 4 is 50.0 Å². The molecule has 0 unspecified atom stereocenters. The highest BCUT2D eigenvalue weighted by Gasteiger charge is 2.22. The van der Waals surface area contributed by atoms with Crippen LogP contribution in [0.2, 0.25) is 5.02 Å². The highest BCUT2D eigenvalue weighted by Crippen LogP contribution is 2.32. The maximum atomic E-state index is 13.6. The molecule has 1 amide bonds. The Morgan fingerprint density at radius 2 is 1.38 bits per heavy atom. The molecule has 0 aliphatic rings. The lowest BCUT2D eigenvalue weighted by Crippen LogP contribution is -2.30. The van der Waals surface area contributed by atoms with Gasteiger partial charge in [0, 0.05) is 21.7 Å². The molecule has 0 saturated carbocycles. The van der Waals surface area contributed by atoms with E-state index in [4.69, 9.17) is 16.6 Å². The van der Waals surface area contributed by atoms with Crippen LogP contribution in [0.3, 0.4) is 0 Å². The number of rotatable bonds is 6. The molecule has 0 aliphatic carbocycles. The molecule has 5 aromatic rings. The lowest BCUT2D eigenvalue weighted by Gasteiger charge is -2.20. The number of carbonyl (C=O) groups is 2. The Kier molecular flexibility index (Phi) is 6.21. The van der Waals surface area contributed by atoms with E-state index in [-0.39, 0.29) is 11.7 Å². The molecular weight excluding hydrogens is 464 g/mol. The van der Waals surface area contributed by atoms with E-state index in [2.05, 4.69) is 0 Å². The molecule has 0 aliphatic heterocycles. The summed E-state index contributed by atoms with van der Waals surface area (Å²) in [6.07, 6.45) is 0. The van der Waals surface area contributed by atoms with E-state index < -0.39 is 0 Å². The third-order valence-corrected chi connectivity index (χ3v) is 6.71. The van der Waals surface area contributed by atoms with Gasteiger partial charge >= 0.3 is 0 Å². The molecular formula is C28H19ClN2O2S. The van der Waals surface area contributed by atoms with Gasteiger partial charge in [-0.15, -0.1) is 0 Å². The Hall–Kier alpha value is -3.80. The molecule has 0 radical (unpaired) electrons. The summed E-state index contributed by atoms with van der Waals surface area (Å²) >= 11 is 7.57. The van der Waals surface area contributed by atoms with Gasteiger partial charge in [0.1, 0.15) is 0 Å². The Morgan fingerprint density at radius 3 is 2.09 bits per heavy atom. The summed E-state index contributed by atoms with van der Waals surface area (Å²) in [7, 11) is 0. The van der Waals surface area contributed by atoms with Gasteiger partial charge in [-0.3, -0.25) is 14.5 Å². The quantitative estimate of drug-likeness (QED) is 0.244. The standard InChI is InChI=1S/C28H19ClN2O2S/c29-23-15-16-24-25(17-23)34-28(30-24)31(18-19-7-3-1-4-8-19)27(33)22-13-11-21(12-14-22)26(32)20-9-5-2-6-10-20/h1-17H,18H2. The van der Waals surface area contributed by atoms with Crippen molar-refractivity contribution < 1.29 is 9.59 Å². The van der Waals surface area contributed by atoms with Gasteiger partial charge in [-0.05, 0) is 35.9 Å². The Bertz CT molecular complexity index is 1470. The van der Waals surface area contributed by atoms with E-state index in [1.54, 1.807) is 47.4 Å². The molecule has 1 heterocycles. The van der Waals surface area contributed by atoms with Gasteiger partial charge in [0.05, 0.1) is 16.8 Å². The number of fused-ring (bicyclic) bond motifs is 1. The van der Waals surface area contributed by atoms with Gasteiger partial charge in [-0.25, -0.2) is 4.98 Å². The molecule has 5 rings (SSSR count). The molecule has 4 aromatic carbocycles. The van der Waals surface area contributed by atoms with E-state index in [0.717, 1.165) is 15.8 Å². The third-order valence-electron chi connectivity index (χ3n) is 5.43. The minimum atomic E-state index is -0.187. The van der Waals surface area contributed by atoms with Crippen LogP contribution in [0.1, 0.15) is 31.8 Å². The van der Waals surface area contributed by atoms with Gasteiger partial charge in [-0.2, -0.15) is 0 Å². The zero-order valence-electron chi connectivity index (χ0n) is 18.0. The van der Waals surface area contributed by atoms with Crippen molar-refractivity contribution in [2.45, 2.75) is 6.54 Å². The molecule has 0 saturated heterocycles. The first-order valence-corrected chi connectivity index (χ1v) is 11.9. The van der Waals surface area contributed by atoms with Crippen molar-refractivity contribution in [3.63, 3.8) is 0 Å². The zero-order chi connectivity index (χ0) is 23.5. The van der Waals surface area contributed by atoms with Crippen LogP contribution in [0.15, 0.2) is 103 Å². The van der Waals surface area contributed by atoms with Crippen LogP contribution in [0.25, 0.3) is 10.2 Å². The van der Waals surface area contributed by atoms with Gasteiger partial charge < -0.3 is 0 Å². The number of thiazole rings is 1. The highest BCUT2D eigenvalue weighted by molar-refractivity contribution is 7.22. The predicted octanol–water partition coefficient (Wildman–Crippen LogP) is 7.03. The van der Waals surface area contributed by atoms with E-state index in [0.29, 0.717) is 33.4 Å². The Morgan fingerprint density at radius 1 is 0.765 bits per heavy atom.